The fourth-order valence-electron chi connectivity index (χ4n) is 2.00. The van der Waals surface area contributed by atoms with Crippen LogP contribution in [0.2, 0.25) is 0 Å². The van der Waals surface area contributed by atoms with E-state index in [1.807, 2.05) is 6.92 Å². The Bertz CT molecular complexity index is 215. The molecule has 1 atom stereocenters. The summed E-state index contributed by atoms with van der Waals surface area (Å²) in [5.41, 5.74) is 0. The molecular formula is C11H21F3N2O. The van der Waals surface area contributed by atoms with Crippen molar-refractivity contribution in [2.75, 3.05) is 26.2 Å². The number of rotatable bonds is 5. The number of aliphatic hydroxyl groups is 1. The number of likely N-dealkylation sites (tertiary alicyclic amines) is 1. The number of aliphatic hydroxyl groups excluding tert-OH is 1. The second kappa shape index (κ2) is 6.56. The van der Waals surface area contributed by atoms with Gasteiger partial charge in [-0.1, -0.05) is 6.92 Å². The van der Waals surface area contributed by atoms with Gasteiger partial charge >= 0.3 is 6.18 Å². The third-order valence-corrected chi connectivity index (χ3v) is 3.10. The molecule has 102 valence electrons. The van der Waals surface area contributed by atoms with Crippen LogP contribution >= 0.6 is 0 Å². The summed E-state index contributed by atoms with van der Waals surface area (Å²) in [7, 11) is 0. The zero-order valence-electron chi connectivity index (χ0n) is 10.1. The Kier molecular flexibility index (Phi) is 5.69. The average Bonchev–Trinajstić information content (AvgIpc) is 2.25. The molecule has 0 spiro atoms. The van der Waals surface area contributed by atoms with Crippen LogP contribution in [-0.2, 0) is 0 Å². The van der Waals surface area contributed by atoms with Gasteiger partial charge in [-0.2, -0.15) is 13.2 Å². The summed E-state index contributed by atoms with van der Waals surface area (Å²) in [5, 5.41) is 12.6. The Hall–Kier alpha value is -0.330. The monoisotopic (exact) mass is 254 g/mol. The Balaban J connectivity index is 2.17. The Labute approximate surface area is 100.0 Å². The molecule has 0 aromatic heterocycles. The molecule has 1 heterocycles. The lowest BCUT2D eigenvalue weighted by molar-refractivity contribution is -0.148. The van der Waals surface area contributed by atoms with Gasteiger partial charge in [0.1, 0.15) is 0 Å². The van der Waals surface area contributed by atoms with E-state index in [1.165, 1.54) is 4.90 Å². The Morgan fingerprint density at radius 3 is 2.41 bits per heavy atom. The average molecular weight is 254 g/mol. The van der Waals surface area contributed by atoms with Gasteiger partial charge in [0.15, 0.2) is 0 Å². The molecule has 1 aliphatic rings. The van der Waals surface area contributed by atoms with Crippen molar-refractivity contribution in [3.8, 4) is 0 Å². The molecule has 6 heteroatoms. The van der Waals surface area contributed by atoms with Gasteiger partial charge in [0.25, 0.3) is 0 Å². The molecule has 0 aromatic rings. The van der Waals surface area contributed by atoms with E-state index in [0.29, 0.717) is 38.9 Å². The van der Waals surface area contributed by atoms with E-state index in [2.05, 4.69) is 5.32 Å². The van der Waals surface area contributed by atoms with Gasteiger partial charge < -0.3 is 10.4 Å². The molecule has 0 aromatic carbocycles. The molecule has 0 bridgehead atoms. The lowest BCUT2D eigenvalue weighted by Gasteiger charge is -2.33. The summed E-state index contributed by atoms with van der Waals surface area (Å²) >= 11 is 0. The molecule has 1 unspecified atom stereocenters. The zero-order valence-corrected chi connectivity index (χ0v) is 10.1. The van der Waals surface area contributed by atoms with Crippen LogP contribution in [0.4, 0.5) is 13.2 Å². The Morgan fingerprint density at radius 1 is 1.35 bits per heavy atom. The third kappa shape index (κ3) is 6.24. The van der Waals surface area contributed by atoms with Crippen LogP contribution < -0.4 is 5.32 Å². The van der Waals surface area contributed by atoms with E-state index in [-0.39, 0.29) is 12.1 Å². The first-order valence-electron chi connectivity index (χ1n) is 6.11. The minimum Gasteiger partial charge on any atom is -0.392 e. The summed E-state index contributed by atoms with van der Waals surface area (Å²) in [4.78, 5) is 1.44. The van der Waals surface area contributed by atoms with Crippen molar-refractivity contribution < 1.29 is 18.3 Å². The van der Waals surface area contributed by atoms with Gasteiger partial charge in [-0.3, -0.25) is 4.90 Å². The zero-order chi connectivity index (χ0) is 12.9. The molecule has 3 nitrogen and oxygen atoms in total. The van der Waals surface area contributed by atoms with E-state index >= 15 is 0 Å². The van der Waals surface area contributed by atoms with E-state index in [4.69, 9.17) is 0 Å². The fourth-order valence-corrected chi connectivity index (χ4v) is 2.00. The van der Waals surface area contributed by atoms with E-state index in [9.17, 15) is 18.3 Å². The standard InChI is InChI=1S/C11H21F3N2O/c1-2-10(17)7-15-9-3-5-16(6-4-9)8-11(12,13)14/h9-10,15,17H,2-8H2,1H3. The van der Waals surface area contributed by atoms with Gasteiger partial charge in [-0.05, 0) is 32.4 Å². The number of nitrogens with one attached hydrogen (secondary N) is 1. The van der Waals surface area contributed by atoms with Gasteiger partial charge in [-0.25, -0.2) is 0 Å². The lowest BCUT2D eigenvalue weighted by atomic mass is 10.0. The largest absolute Gasteiger partial charge is 0.401 e. The van der Waals surface area contributed by atoms with Crippen molar-refractivity contribution >= 4 is 0 Å². The van der Waals surface area contributed by atoms with E-state index in [1.54, 1.807) is 0 Å². The van der Waals surface area contributed by atoms with E-state index < -0.39 is 12.7 Å². The highest BCUT2D eigenvalue weighted by atomic mass is 19.4. The van der Waals surface area contributed by atoms with Crippen LogP contribution in [0.15, 0.2) is 0 Å². The highest BCUT2D eigenvalue weighted by Gasteiger charge is 2.32. The summed E-state index contributed by atoms with van der Waals surface area (Å²) < 4.78 is 36.4. The number of halogens is 3. The first-order chi connectivity index (χ1) is 7.90. The van der Waals surface area contributed by atoms with Crippen molar-refractivity contribution in [1.82, 2.24) is 10.2 Å². The van der Waals surface area contributed by atoms with Crippen molar-refractivity contribution in [2.24, 2.45) is 0 Å². The molecular weight excluding hydrogens is 233 g/mol. The number of alkyl halides is 3. The molecule has 1 fully saturated rings. The second-order valence-electron chi connectivity index (χ2n) is 4.64. The van der Waals surface area contributed by atoms with Crippen LogP contribution in [0, 0.1) is 0 Å². The maximum absolute atomic E-state index is 12.1. The predicted molar refractivity (Wildman–Crippen MR) is 59.8 cm³/mol. The maximum Gasteiger partial charge on any atom is 0.401 e. The Morgan fingerprint density at radius 2 is 1.94 bits per heavy atom. The van der Waals surface area contributed by atoms with Crippen LogP contribution in [0.1, 0.15) is 26.2 Å². The molecule has 1 saturated heterocycles. The molecule has 2 N–H and O–H groups in total. The quantitative estimate of drug-likeness (QED) is 0.778. The van der Waals surface area contributed by atoms with Gasteiger partial charge in [0.05, 0.1) is 12.6 Å². The van der Waals surface area contributed by atoms with Crippen LogP contribution in [0.3, 0.4) is 0 Å². The van der Waals surface area contributed by atoms with Crippen LogP contribution in [-0.4, -0.2) is 54.5 Å². The molecule has 17 heavy (non-hydrogen) atoms. The van der Waals surface area contributed by atoms with Crippen molar-refractivity contribution in [3.05, 3.63) is 0 Å². The van der Waals surface area contributed by atoms with Crippen molar-refractivity contribution in [1.29, 1.82) is 0 Å². The topological polar surface area (TPSA) is 35.5 Å². The second-order valence-corrected chi connectivity index (χ2v) is 4.64. The van der Waals surface area contributed by atoms with Crippen molar-refractivity contribution in [3.63, 3.8) is 0 Å². The fraction of sp³-hybridized carbons (Fsp3) is 1.00. The summed E-state index contributed by atoms with van der Waals surface area (Å²) in [6.07, 6.45) is -2.33. The highest BCUT2D eigenvalue weighted by Crippen LogP contribution is 2.19. The number of hydrogen-bond acceptors (Lipinski definition) is 3. The third-order valence-electron chi connectivity index (χ3n) is 3.10. The number of nitrogens with zero attached hydrogens (tertiary/aromatic N) is 1. The molecule has 0 saturated carbocycles. The van der Waals surface area contributed by atoms with Gasteiger partial charge in [0.2, 0.25) is 0 Å². The van der Waals surface area contributed by atoms with Crippen LogP contribution in [0.25, 0.3) is 0 Å². The smallest absolute Gasteiger partial charge is 0.392 e. The first-order valence-corrected chi connectivity index (χ1v) is 6.11. The predicted octanol–water partition coefficient (Wildman–Crippen LogP) is 1.37. The lowest BCUT2D eigenvalue weighted by Crippen LogP contribution is -2.46. The SMILES string of the molecule is CCC(O)CNC1CCN(CC(F)(F)F)CC1. The molecule has 1 aliphatic heterocycles. The first kappa shape index (κ1) is 14.7. The number of piperidine rings is 1. The minimum atomic E-state index is -4.10. The summed E-state index contributed by atoms with van der Waals surface area (Å²) in [6.45, 7) is 2.56. The summed E-state index contributed by atoms with van der Waals surface area (Å²) in [5.74, 6) is 0. The molecule has 0 radical (unpaired) electrons. The minimum absolute atomic E-state index is 0.237. The molecule has 1 rings (SSSR count). The van der Waals surface area contributed by atoms with Gasteiger partial charge in [0, 0.05) is 12.6 Å². The summed E-state index contributed by atoms with van der Waals surface area (Å²) in [6, 6.07) is 0.237. The van der Waals surface area contributed by atoms with Crippen LogP contribution in [0.5, 0.6) is 0 Å². The normalized spacial score (nSPS) is 21.7. The van der Waals surface area contributed by atoms with Crippen molar-refractivity contribution in [2.45, 2.75) is 44.5 Å². The maximum atomic E-state index is 12.1. The number of hydrogen-bond donors (Lipinski definition) is 2. The highest BCUT2D eigenvalue weighted by molar-refractivity contribution is 4.79. The van der Waals surface area contributed by atoms with Gasteiger partial charge in [-0.15, -0.1) is 0 Å². The molecule has 0 aliphatic carbocycles. The van der Waals surface area contributed by atoms with E-state index in [0.717, 1.165) is 0 Å². The molecule has 0 amide bonds.